The minimum absolute atomic E-state index is 0.00910. The van der Waals surface area contributed by atoms with Crippen LogP contribution in [0.2, 0.25) is 0 Å². The Hall–Kier alpha value is -1.25. The van der Waals surface area contributed by atoms with Gasteiger partial charge in [0.05, 0.1) is 0 Å². The van der Waals surface area contributed by atoms with Crippen LogP contribution in [-0.2, 0) is 14.3 Å². The van der Waals surface area contributed by atoms with Gasteiger partial charge in [-0.05, 0) is 27.4 Å². The first-order valence-electron chi connectivity index (χ1n) is 4.03. The molecular formula is C10H16O3. The van der Waals surface area contributed by atoms with E-state index in [1.807, 2.05) is 0 Å². The van der Waals surface area contributed by atoms with Gasteiger partial charge in [-0.15, -0.1) is 0 Å². The summed E-state index contributed by atoms with van der Waals surface area (Å²) in [6.07, 6.45) is 1.54. The summed E-state index contributed by atoms with van der Waals surface area (Å²) in [7, 11) is 0. The van der Waals surface area contributed by atoms with Crippen molar-refractivity contribution in [1.82, 2.24) is 0 Å². The van der Waals surface area contributed by atoms with Gasteiger partial charge in [0.2, 0.25) is 0 Å². The second kappa shape index (κ2) is 4.70. The Kier molecular flexibility index (Phi) is 4.25. The molecule has 13 heavy (non-hydrogen) atoms. The first-order chi connectivity index (χ1) is 5.87. The average Bonchev–Trinajstić information content (AvgIpc) is 1.96. The van der Waals surface area contributed by atoms with Crippen molar-refractivity contribution >= 4 is 5.97 Å². The van der Waals surface area contributed by atoms with Gasteiger partial charge in [0.1, 0.15) is 12.2 Å². The summed E-state index contributed by atoms with van der Waals surface area (Å²) in [5.74, 6) is -0.524. The number of carbonyl (C=O) groups is 1. The second-order valence-corrected chi connectivity index (χ2v) is 3.52. The van der Waals surface area contributed by atoms with Crippen molar-refractivity contribution in [3.8, 4) is 0 Å². The fourth-order valence-corrected chi connectivity index (χ4v) is 0.553. The van der Waals surface area contributed by atoms with Crippen LogP contribution in [0.1, 0.15) is 20.8 Å². The SMILES string of the molecule is C=CCOC(=C)C(=O)OC(C)(C)C. The third-order valence-electron chi connectivity index (χ3n) is 1.00. The summed E-state index contributed by atoms with van der Waals surface area (Å²) in [5, 5.41) is 0. The van der Waals surface area contributed by atoms with E-state index >= 15 is 0 Å². The Bertz CT molecular complexity index is 211. The van der Waals surface area contributed by atoms with Crippen LogP contribution in [0, 0.1) is 0 Å². The molecule has 0 aliphatic heterocycles. The second-order valence-electron chi connectivity index (χ2n) is 3.52. The maximum atomic E-state index is 11.2. The molecule has 0 saturated carbocycles. The van der Waals surface area contributed by atoms with Crippen LogP contribution in [0.5, 0.6) is 0 Å². The minimum Gasteiger partial charge on any atom is -0.483 e. The molecule has 0 atom stereocenters. The predicted molar refractivity (Wildman–Crippen MR) is 51.1 cm³/mol. The molecule has 0 heterocycles. The van der Waals surface area contributed by atoms with Gasteiger partial charge in [0.25, 0.3) is 0 Å². The lowest BCUT2D eigenvalue weighted by molar-refractivity contribution is -0.153. The van der Waals surface area contributed by atoms with Crippen molar-refractivity contribution in [3.05, 3.63) is 25.0 Å². The van der Waals surface area contributed by atoms with Crippen LogP contribution in [0.25, 0.3) is 0 Å². The van der Waals surface area contributed by atoms with Crippen LogP contribution >= 0.6 is 0 Å². The smallest absolute Gasteiger partial charge is 0.373 e. The fourth-order valence-electron chi connectivity index (χ4n) is 0.553. The maximum Gasteiger partial charge on any atom is 0.373 e. The molecule has 0 fully saturated rings. The quantitative estimate of drug-likeness (QED) is 0.290. The van der Waals surface area contributed by atoms with E-state index < -0.39 is 11.6 Å². The van der Waals surface area contributed by atoms with E-state index in [0.717, 1.165) is 0 Å². The molecule has 3 nitrogen and oxygen atoms in total. The van der Waals surface area contributed by atoms with Crippen molar-refractivity contribution in [2.45, 2.75) is 26.4 Å². The molecule has 3 heteroatoms. The standard InChI is InChI=1S/C10H16O3/c1-6-7-12-8(2)9(11)13-10(3,4)5/h6H,1-2,7H2,3-5H3. The molecule has 74 valence electrons. The molecule has 0 unspecified atom stereocenters. The van der Waals surface area contributed by atoms with Gasteiger partial charge in [-0.25, -0.2) is 4.79 Å². The van der Waals surface area contributed by atoms with Crippen molar-refractivity contribution in [2.24, 2.45) is 0 Å². The summed E-state index contributed by atoms with van der Waals surface area (Å²) in [4.78, 5) is 11.2. The Morgan fingerprint density at radius 1 is 1.46 bits per heavy atom. The van der Waals surface area contributed by atoms with Crippen molar-refractivity contribution in [1.29, 1.82) is 0 Å². The molecular weight excluding hydrogens is 168 g/mol. The topological polar surface area (TPSA) is 35.5 Å². The first kappa shape index (κ1) is 11.8. The molecule has 0 aliphatic rings. The number of hydrogen-bond acceptors (Lipinski definition) is 3. The van der Waals surface area contributed by atoms with Crippen molar-refractivity contribution in [3.63, 3.8) is 0 Å². The largest absolute Gasteiger partial charge is 0.483 e. The van der Waals surface area contributed by atoms with Gasteiger partial charge in [-0.3, -0.25) is 0 Å². The van der Waals surface area contributed by atoms with Crippen LogP contribution in [0.4, 0.5) is 0 Å². The predicted octanol–water partition coefficient (Wildman–Crippen LogP) is 2.04. The third-order valence-corrected chi connectivity index (χ3v) is 1.00. The number of carbonyl (C=O) groups excluding carboxylic acids is 1. The Morgan fingerprint density at radius 3 is 2.38 bits per heavy atom. The molecule has 0 saturated heterocycles. The lowest BCUT2D eigenvalue weighted by Gasteiger charge is -2.19. The van der Waals surface area contributed by atoms with Gasteiger partial charge >= 0.3 is 5.97 Å². The molecule has 0 aromatic carbocycles. The number of ether oxygens (including phenoxy) is 2. The van der Waals surface area contributed by atoms with E-state index in [-0.39, 0.29) is 12.4 Å². The van der Waals surface area contributed by atoms with E-state index in [2.05, 4.69) is 13.2 Å². The van der Waals surface area contributed by atoms with Gasteiger partial charge in [0, 0.05) is 0 Å². The summed E-state index contributed by atoms with van der Waals surface area (Å²) in [6, 6.07) is 0. The third kappa shape index (κ3) is 5.96. The highest BCUT2D eigenvalue weighted by atomic mass is 16.6. The van der Waals surface area contributed by atoms with Crippen LogP contribution in [-0.4, -0.2) is 18.2 Å². The van der Waals surface area contributed by atoms with Gasteiger partial charge in [-0.2, -0.15) is 0 Å². The Morgan fingerprint density at radius 2 is 2.00 bits per heavy atom. The van der Waals surface area contributed by atoms with Crippen molar-refractivity contribution < 1.29 is 14.3 Å². The lowest BCUT2D eigenvalue weighted by atomic mass is 10.2. The molecule has 0 N–H and O–H groups in total. The zero-order chi connectivity index (χ0) is 10.5. The number of hydrogen-bond donors (Lipinski definition) is 0. The zero-order valence-corrected chi connectivity index (χ0v) is 8.42. The van der Waals surface area contributed by atoms with Crippen LogP contribution < -0.4 is 0 Å². The van der Waals surface area contributed by atoms with Gasteiger partial charge < -0.3 is 9.47 Å². The molecule has 0 aromatic heterocycles. The summed E-state index contributed by atoms with van der Waals surface area (Å²) in [6.45, 7) is 12.5. The summed E-state index contributed by atoms with van der Waals surface area (Å²) < 4.78 is 9.91. The van der Waals surface area contributed by atoms with E-state index in [1.165, 1.54) is 6.08 Å². The molecule has 0 amide bonds. The monoisotopic (exact) mass is 184 g/mol. The molecule has 0 radical (unpaired) electrons. The van der Waals surface area contributed by atoms with Gasteiger partial charge in [-0.1, -0.05) is 12.7 Å². The minimum atomic E-state index is -0.533. The molecule has 0 bridgehead atoms. The highest BCUT2D eigenvalue weighted by molar-refractivity contribution is 5.85. The summed E-state index contributed by atoms with van der Waals surface area (Å²) >= 11 is 0. The number of esters is 1. The van der Waals surface area contributed by atoms with Crippen LogP contribution in [0.15, 0.2) is 25.0 Å². The highest BCUT2D eigenvalue weighted by Gasteiger charge is 2.19. The normalized spacial score (nSPS) is 10.4. The van der Waals surface area contributed by atoms with E-state index in [1.54, 1.807) is 20.8 Å². The molecule has 0 rings (SSSR count). The van der Waals surface area contributed by atoms with Gasteiger partial charge in [0.15, 0.2) is 5.76 Å². The average molecular weight is 184 g/mol. The van der Waals surface area contributed by atoms with E-state index in [9.17, 15) is 4.79 Å². The molecule has 0 aromatic rings. The van der Waals surface area contributed by atoms with E-state index in [4.69, 9.17) is 9.47 Å². The van der Waals surface area contributed by atoms with E-state index in [0.29, 0.717) is 0 Å². The Balaban J connectivity index is 3.97. The zero-order valence-electron chi connectivity index (χ0n) is 8.42. The number of rotatable bonds is 4. The van der Waals surface area contributed by atoms with Crippen LogP contribution in [0.3, 0.4) is 0 Å². The first-order valence-corrected chi connectivity index (χ1v) is 4.03. The molecule has 0 spiro atoms. The van der Waals surface area contributed by atoms with Crippen molar-refractivity contribution in [2.75, 3.05) is 6.61 Å². The summed E-state index contributed by atoms with van der Waals surface area (Å²) in [5.41, 5.74) is -0.516. The maximum absolute atomic E-state index is 11.2. The fraction of sp³-hybridized carbons (Fsp3) is 0.500. The lowest BCUT2D eigenvalue weighted by Crippen LogP contribution is -2.25. The Labute approximate surface area is 79.0 Å². The highest BCUT2D eigenvalue weighted by Crippen LogP contribution is 2.10. The molecule has 0 aliphatic carbocycles.